The fourth-order valence-corrected chi connectivity index (χ4v) is 4.36. The van der Waals surface area contributed by atoms with Gasteiger partial charge >= 0.3 is 5.97 Å². The Bertz CT molecular complexity index is 1400. The van der Waals surface area contributed by atoms with Crippen molar-refractivity contribution < 1.29 is 14.3 Å². The molecule has 0 saturated heterocycles. The smallest absolute Gasteiger partial charge is 0.338 e. The van der Waals surface area contributed by atoms with Gasteiger partial charge in [-0.25, -0.2) is 9.89 Å². The van der Waals surface area contributed by atoms with Gasteiger partial charge < -0.3 is 14.1 Å². The van der Waals surface area contributed by atoms with E-state index < -0.39 is 5.97 Å². The summed E-state index contributed by atoms with van der Waals surface area (Å²) in [5.74, 6) is -0.202. The summed E-state index contributed by atoms with van der Waals surface area (Å²) in [6, 6.07) is 17.6. The number of carbonyl (C=O) groups is 1. The molecule has 5 aromatic rings. The highest BCUT2D eigenvalue weighted by atomic mass is 16.4. The molecule has 0 aliphatic rings. The maximum atomic E-state index is 12.6. The number of para-hydroxylation sites is 1. The van der Waals surface area contributed by atoms with Crippen molar-refractivity contribution in [2.45, 2.75) is 32.7 Å². The van der Waals surface area contributed by atoms with E-state index in [0.29, 0.717) is 41.2 Å². The van der Waals surface area contributed by atoms with E-state index in [4.69, 9.17) is 4.42 Å². The van der Waals surface area contributed by atoms with Gasteiger partial charge in [-0.2, -0.15) is 0 Å². The maximum Gasteiger partial charge on any atom is 0.338 e. The molecule has 0 radical (unpaired) electrons. The molecule has 5 rings (SSSR count). The highest BCUT2D eigenvalue weighted by Gasteiger charge is 2.30. The fraction of sp³-hybridized carbons (Fsp3) is 0.200. The lowest BCUT2D eigenvalue weighted by atomic mass is 9.97. The van der Waals surface area contributed by atoms with Crippen LogP contribution in [0.2, 0.25) is 0 Å². The van der Waals surface area contributed by atoms with Crippen molar-refractivity contribution in [1.29, 1.82) is 0 Å². The summed E-state index contributed by atoms with van der Waals surface area (Å²) in [5.41, 5.74) is 4.41. The first-order valence-electron chi connectivity index (χ1n) is 10.9. The lowest BCUT2D eigenvalue weighted by Crippen LogP contribution is -2.06. The number of hydrogen-bond acceptors (Lipinski definition) is 5. The number of tetrazole rings is 1. The standard InChI is InChI=1S/C25H23N5O3/c1-2-3-13-30-19-12-8-7-11-18(19)21(25(31)32)22(30)20-17(14-16-9-5-4-6-10-16)15-33-23(20)24-26-28-29-27-24/h4-12,15H,2-3,13-14H2,1H3,(H,31,32)(H,26,27,28,29). The first-order chi connectivity index (χ1) is 16.2. The quantitative estimate of drug-likeness (QED) is 0.344. The van der Waals surface area contributed by atoms with Crippen molar-refractivity contribution in [1.82, 2.24) is 25.2 Å². The van der Waals surface area contributed by atoms with Crippen molar-refractivity contribution in [3.8, 4) is 22.8 Å². The minimum atomic E-state index is -0.982. The van der Waals surface area contributed by atoms with Gasteiger partial charge in [0.25, 0.3) is 0 Å². The first kappa shape index (κ1) is 20.7. The van der Waals surface area contributed by atoms with Crippen LogP contribution in [0, 0.1) is 0 Å². The molecule has 3 aromatic heterocycles. The largest absolute Gasteiger partial charge is 0.478 e. The number of aryl methyl sites for hydroxylation is 1. The van der Waals surface area contributed by atoms with Gasteiger partial charge in [-0.15, -0.1) is 5.10 Å². The number of aromatic amines is 1. The number of carboxylic acid groups (broad SMARTS) is 1. The van der Waals surface area contributed by atoms with Crippen LogP contribution in [0.25, 0.3) is 33.7 Å². The van der Waals surface area contributed by atoms with Crippen LogP contribution in [0.4, 0.5) is 0 Å². The Morgan fingerprint density at radius 1 is 1.12 bits per heavy atom. The molecule has 0 atom stereocenters. The molecule has 3 heterocycles. The third-order valence-corrected chi connectivity index (χ3v) is 5.82. The van der Waals surface area contributed by atoms with E-state index in [1.54, 1.807) is 6.26 Å². The fourth-order valence-electron chi connectivity index (χ4n) is 4.36. The number of rotatable bonds is 8. The van der Waals surface area contributed by atoms with Crippen molar-refractivity contribution in [3.63, 3.8) is 0 Å². The summed E-state index contributed by atoms with van der Waals surface area (Å²) in [4.78, 5) is 12.6. The van der Waals surface area contributed by atoms with Crippen molar-refractivity contribution >= 4 is 16.9 Å². The lowest BCUT2D eigenvalue weighted by Gasteiger charge is -2.13. The zero-order valence-corrected chi connectivity index (χ0v) is 18.2. The van der Waals surface area contributed by atoms with Gasteiger partial charge in [-0.3, -0.25) is 0 Å². The van der Waals surface area contributed by atoms with Crippen LogP contribution >= 0.6 is 0 Å². The average molecular weight is 441 g/mol. The summed E-state index contributed by atoms with van der Waals surface area (Å²) in [5, 5.41) is 25.2. The lowest BCUT2D eigenvalue weighted by molar-refractivity contribution is 0.0699. The molecule has 8 nitrogen and oxygen atoms in total. The maximum absolute atomic E-state index is 12.6. The summed E-state index contributed by atoms with van der Waals surface area (Å²) >= 11 is 0. The average Bonchev–Trinajstić information content (AvgIpc) is 3.55. The number of carboxylic acids is 1. The molecule has 0 spiro atoms. The van der Waals surface area contributed by atoms with E-state index in [0.717, 1.165) is 29.5 Å². The molecule has 166 valence electrons. The van der Waals surface area contributed by atoms with Gasteiger partial charge in [-0.05, 0) is 28.5 Å². The highest BCUT2D eigenvalue weighted by molar-refractivity contribution is 6.11. The molecule has 0 amide bonds. The van der Waals surface area contributed by atoms with Crippen LogP contribution in [0.3, 0.4) is 0 Å². The molecule has 8 heteroatoms. The van der Waals surface area contributed by atoms with Gasteiger partial charge in [0.2, 0.25) is 5.82 Å². The van der Waals surface area contributed by atoms with Gasteiger partial charge in [-0.1, -0.05) is 61.9 Å². The molecule has 0 fully saturated rings. The van der Waals surface area contributed by atoms with Gasteiger partial charge in [0.15, 0.2) is 5.76 Å². The molecule has 0 aliphatic carbocycles. The summed E-state index contributed by atoms with van der Waals surface area (Å²) in [6.45, 7) is 2.80. The van der Waals surface area contributed by atoms with Crippen LogP contribution in [0.5, 0.6) is 0 Å². The summed E-state index contributed by atoms with van der Waals surface area (Å²) in [6.07, 6.45) is 4.15. The second kappa shape index (κ2) is 8.74. The Hall–Kier alpha value is -4.20. The van der Waals surface area contributed by atoms with E-state index >= 15 is 0 Å². The van der Waals surface area contributed by atoms with Crippen molar-refractivity contribution in [2.24, 2.45) is 0 Å². The Balaban J connectivity index is 1.83. The van der Waals surface area contributed by atoms with Crippen LogP contribution in [0.1, 0.15) is 41.3 Å². The topological polar surface area (TPSA) is 110 Å². The molecule has 2 aromatic carbocycles. The molecule has 0 aliphatic heterocycles. The number of benzene rings is 2. The van der Waals surface area contributed by atoms with Crippen molar-refractivity contribution in [2.75, 3.05) is 0 Å². The van der Waals surface area contributed by atoms with Crippen LogP contribution in [-0.2, 0) is 13.0 Å². The number of nitrogens with zero attached hydrogens (tertiary/aromatic N) is 4. The second-order valence-corrected chi connectivity index (χ2v) is 7.93. The second-order valence-electron chi connectivity index (χ2n) is 7.93. The third kappa shape index (κ3) is 3.69. The van der Waals surface area contributed by atoms with Gasteiger partial charge in [0, 0.05) is 29.4 Å². The van der Waals surface area contributed by atoms with Crippen molar-refractivity contribution in [3.05, 3.63) is 77.6 Å². The Morgan fingerprint density at radius 2 is 1.91 bits per heavy atom. The molecular weight excluding hydrogens is 418 g/mol. The highest BCUT2D eigenvalue weighted by Crippen LogP contribution is 2.42. The Kier molecular flexibility index (Phi) is 5.48. The van der Waals surface area contributed by atoms with Gasteiger partial charge in [0.1, 0.15) is 0 Å². The number of fused-ring (bicyclic) bond motifs is 1. The number of nitrogens with one attached hydrogen (secondary N) is 1. The predicted molar refractivity (Wildman–Crippen MR) is 124 cm³/mol. The number of furan rings is 1. The number of H-pyrrole nitrogens is 1. The Morgan fingerprint density at radius 3 is 2.64 bits per heavy atom. The minimum Gasteiger partial charge on any atom is -0.478 e. The monoisotopic (exact) mass is 441 g/mol. The minimum absolute atomic E-state index is 0.256. The van der Waals surface area contributed by atoms with E-state index in [1.165, 1.54) is 0 Å². The molecule has 2 N–H and O–H groups in total. The molecule has 0 bridgehead atoms. The predicted octanol–water partition coefficient (Wildman–Crippen LogP) is 5.17. The molecule has 0 unspecified atom stereocenters. The Labute approximate surface area is 189 Å². The number of unbranched alkanes of at least 4 members (excludes halogenated alkanes) is 1. The summed E-state index contributed by atoms with van der Waals surface area (Å²) in [7, 11) is 0. The summed E-state index contributed by atoms with van der Waals surface area (Å²) < 4.78 is 8.07. The van der Waals surface area contributed by atoms with E-state index in [2.05, 4.69) is 32.1 Å². The number of aromatic carboxylic acids is 1. The van der Waals surface area contributed by atoms with Crippen LogP contribution in [-0.4, -0.2) is 36.3 Å². The zero-order valence-electron chi connectivity index (χ0n) is 18.2. The van der Waals surface area contributed by atoms with E-state index in [1.807, 2.05) is 54.6 Å². The number of hydrogen-bond donors (Lipinski definition) is 2. The van der Waals surface area contributed by atoms with E-state index in [-0.39, 0.29) is 5.56 Å². The van der Waals surface area contributed by atoms with Crippen LogP contribution in [0.15, 0.2) is 65.3 Å². The van der Waals surface area contributed by atoms with Gasteiger partial charge in [0.05, 0.1) is 23.1 Å². The molecular formula is C25H23N5O3. The number of aromatic nitrogens is 5. The molecule has 0 saturated carbocycles. The zero-order chi connectivity index (χ0) is 22.8. The first-order valence-corrected chi connectivity index (χ1v) is 10.9. The third-order valence-electron chi connectivity index (χ3n) is 5.82. The normalized spacial score (nSPS) is 11.3. The van der Waals surface area contributed by atoms with Crippen LogP contribution < -0.4 is 0 Å². The SMILES string of the molecule is CCCCn1c(-c2c(Cc3ccccc3)coc2-c2nnn[nH]2)c(C(=O)O)c2ccccc21. The molecule has 33 heavy (non-hydrogen) atoms. The van der Waals surface area contributed by atoms with E-state index in [9.17, 15) is 9.90 Å².